The van der Waals surface area contributed by atoms with E-state index in [9.17, 15) is 4.79 Å². The monoisotopic (exact) mass is 307 g/mol. The first kappa shape index (κ1) is 20.5. The zero-order chi connectivity index (χ0) is 12.8. The normalized spacial score (nSPS) is 11.2. The van der Waals surface area contributed by atoms with Gasteiger partial charge >= 0.3 is 0 Å². The van der Waals surface area contributed by atoms with Crippen LogP contribution in [-0.2, 0) is 11.3 Å². The second kappa shape index (κ2) is 10.0. The molecule has 1 unspecified atom stereocenters. The summed E-state index contributed by atoms with van der Waals surface area (Å²) in [5.41, 5.74) is 7.46. The predicted molar refractivity (Wildman–Crippen MR) is 85.2 cm³/mol. The van der Waals surface area contributed by atoms with Crippen LogP contribution in [0.5, 0.6) is 0 Å². The highest BCUT2D eigenvalue weighted by Gasteiger charge is 2.10. The van der Waals surface area contributed by atoms with Crippen LogP contribution < -0.4 is 11.1 Å². The Hall–Kier alpha value is -0.810. The van der Waals surface area contributed by atoms with Crippen molar-refractivity contribution in [2.45, 2.75) is 13.5 Å². The van der Waals surface area contributed by atoms with E-state index in [1.807, 2.05) is 45.3 Å². The highest BCUT2D eigenvalue weighted by Crippen LogP contribution is 2.12. The molecule has 4 nitrogen and oxygen atoms in total. The maximum absolute atomic E-state index is 11.7. The summed E-state index contributed by atoms with van der Waals surface area (Å²) >= 11 is 0. The predicted octanol–water partition coefficient (Wildman–Crippen LogP) is 2.13. The van der Waals surface area contributed by atoms with E-state index in [1.165, 1.54) is 5.56 Å². The van der Waals surface area contributed by atoms with Crippen LogP contribution >= 0.6 is 24.8 Å². The van der Waals surface area contributed by atoms with Crippen molar-refractivity contribution >= 4 is 36.4 Å². The van der Waals surface area contributed by atoms with Gasteiger partial charge in [-0.3, -0.25) is 4.79 Å². The van der Waals surface area contributed by atoms with E-state index < -0.39 is 0 Å². The van der Waals surface area contributed by atoms with E-state index in [1.54, 1.807) is 0 Å². The Morgan fingerprint density at radius 1 is 1.37 bits per heavy atom. The lowest BCUT2D eigenvalue weighted by Gasteiger charge is -2.13. The Balaban J connectivity index is 0. The molecule has 110 valence electrons. The third-order valence-electron chi connectivity index (χ3n) is 2.49. The van der Waals surface area contributed by atoms with Crippen LogP contribution in [0.25, 0.3) is 0 Å². The van der Waals surface area contributed by atoms with Crippen molar-refractivity contribution in [3.05, 3.63) is 29.8 Å². The molecule has 0 saturated heterocycles. The number of nitrogens with one attached hydrogen (secondary N) is 1. The highest BCUT2D eigenvalue weighted by atomic mass is 35.5. The van der Waals surface area contributed by atoms with Crippen molar-refractivity contribution in [3.63, 3.8) is 0 Å². The molecular formula is C13H23Cl2N3O. The molecule has 1 atom stereocenters. The molecule has 6 heteroatoms. The van der Waals surface area contributed by atoms with Gasteiger partial charge in [-0.2, -0.15) is 0 Å². The fourth-order valence-electron chi connectivity index (χ4n) is 1.49. The van der Waals surface area contributed by atoms with Gasteiger partial charge in [-0.1, -0.05) is 19.1 Å². The second-order valence-electron chi connectivity index (χ2n) is 4.56. The molecule has 19 heavy (non-hydrogen) atoms. The Bertz CT molecular complexity index is 386. The van der Waals surface area contributed by atoms with Gasteiger partial charge in [0, 0.05) is 24.7 Å². The van der Waals surface area contributed by atoms with Gasteiger partial charge < -0.3 is 16.0 Å². The number of nitrogens with zero attached hydrogens (tertiary/aromatic N) is 1. The summed E-state index contributed by atoms with van der Waals surface area (Å²) < 4.78 is 0. The van der Waals surface area contributed by atoms with E-state index in [0.717, 1.165) is 12.2 Å². The van der Waals surface area contributed by atoms with E-state index in [4.69, 9.17) is 5.73 Å². The molecule has 1 aromatic carbocycles. The average Bonchev–Trinajstić information content (AvgIpc) is 2.27. The number of rotatable bonds is 5. The Kier molecular flexibility index (Phi) is 10.8. The molecule has 1 aromatic rings. The van der Waals surface area contributed by atoms with E-state index in [0.29, 0.717) is 6.54 Å². The Labute approximate surface area is 127 Å². The first-order valence-electron chi connectivity index (χ1n) is 5.77. The molecule has 1 amide bonds. The van der Waals surface area contributed by atoms with Crippen molar-refractivity contribution in [2.75, 3.05) is 26.0 Å². The lowest BCUT2D eigenvalue weighted by atomic mass is 10.1. The number of amides is 1. The number of nitrogens with two attached hydrogens (primary N) is 1. The number of hydrogen-bond acceptors (Lipinski definition) is 3. The van der Waals surface area contributed by atoms with Crippen LogP contribution in [0.1, 0.15) is 12.5 Å². The third-order valence-corrected chi connectivity index (χ3v) is 2.49. The van der Waals surface area contributed by atoms with Crippen molar-refractivity contribution in [1.82, 2.24) is 4.90 Å². The maximum Gasteiger partial charge on any atom is 0.228 e. The summed E-state index contributed by atoms with van der Waals surface area (Å²) in [5, 5.41) is 2.87. The first-order chi connectivity index (χ1) is 8.02. The number of carbonyl (C=O) groups excluding carboxylic acids is 1. The van der Waals surface area contributed by atoms with Gasteiger partial charge in [0.2, 0.25) is 5.91 Å². The molecule has 0 bridgehead atoms. The SMILES string of the molecule is CC(CN)C(=O)Nc1cccc(CN(C)C)c1.Cl.Cl. The number of halogens is 2. The number of anilines is 1. The minimum absolute atomic E-state index is 0. The zero-order valence-corrected chi connectivity index (χ0v) is 13.2. The molecule has 0 radical (unpaired) electrons. The lowest BCUT2D eigenvalue weighted by Crippen LogP contribution is -2.26. The first-order valence-corrected chi connectivity index (χ1v) is 5.77. The largest absolute Gasteiger partial charge is 0.330 e. The zero-order valence-electron chi connectivity index (χ0n) is 11.6. The second-order valence-corrected chi connectivity index (χ2v) is 4.56. The molecule has 0 heterocycles. The molecule has 0 spiro atoms. The number of hydrogen-bond donors (Lipinski definition) is 2. The maximum atomic E-state index is 11.7. The molecule has 0 aliphatic heterocycles. The average molecular weight is 308 g/mol. The Morgan fingerprint density at radius 3 is 2.53 bits per heavy atom. The molecule has 1 rings (SSSR count). The van der Waals surface area contributed by atoms with Crippen molar-refractivity contribution in [2.24, 2.45) is 11.7 Å². The summed E-state index contributed by atoms with van der Waals surface area (Å²) in [6.07, 6.45) is 0. The summed E-state index contributed by atoms with van der Waals surface area (Å²) in [6.45, 7) is 3.04. The Morgan fingerprint density at radius 2 is 2.00 bits per heavy atom. The molecule has 3 N–H and O–H groups in total. The molecule has 0 aliphatic rings. The fourth-order valence-corrected chi connectivity index (χ4v) is 1.49. The van der Waals surface area contributed by atoms with Gasteiger partial charge in [0.15, 0.2) is 0 Å². The van der Waals surface area contributed by atoms with Crippen LogP contribution in [0.3, 0.4) is 0 Å². The van der Waals surface area contributed by atoms with Gasteiger partial charge in [-0.25, -0.2) is 0 Å². The summed E-state index contributed by atoms with van der Waals surface area (Å²) in [4.78, 5) is 13.8. The quantitative estimate of drug-likeness (QED) is 0.876. The van der Waals surface area contributed by atoms with Gasteiger partial charge in [0.25, 0.3) is 0 Å². The van der Waals surface area contributed by atoms with Crippen molar-refractivity contribution in [1.29, 1.82) is 0 Å². The number of benzene rings is 1. The van der Waals surface area contributed by atoms with Crippen LogP contribution in [0.4, 0.5) is 5.69 Å². The van der Waals surface area contributed by atoms with Crippen LogP contribution in [0.2, 0.25) is 0 Å². The van der Waals surface area contributed by atoms with Gasteiger partial charge in [0.05, 0.1) is 0 Å². The van der Waals surface area contributed by atoms with Gasteiger partial charge in [-0.15, -0.1) is 24.8 Å². The molecule has 0 fully saturated rings. The fraction of sp³-hybridized carbons (Fsp3) is 0.462. The molecule has 0 aliphatic carbocycles. The summed E-state index contributed by atoms with van der Waals surface area (Å²) in [5.74, 6) is -0.193. The van der Waals surface area contributed by atoms with Gasteiger partial charge in [-0.05, 0) is 31.8 Å². The minimum atomic E-state index is -0.160. The molecule has 0 saturated carbocycles. The lowest BCUT2D eigenvalue weighted by molar-refractivity contribution is -0.119. The molecule has 0 aromatic heterocycles. The standard InChI is InChI=1S/C13H21N3O.2ClH/c1-10(8-14)13(17)15-12-6-4-5-11(7-12)9-16(2)3;;/h4-7,10H,8-9,14H2,1-3H3,(H,15,17);2*1H. The van der Waals surface area contributed by atoms with Crippen molar-refractivity contribution in [3.8, 4) is 0 Å². The van der Waals surface area contributed by atoms with Crippen LogP contribution in [-0.4, -0.2) is 31.4 Å². The third kappa shape index (κ3) is 7.38. The minimum Gasteiger partial charge on any atom is -0.330 e. The topological polar surface area (TPSA) is 58.4 Å². The summed E-state index contributed by atoms with van der Waals surface area (Å²) in [6, 6.07) is 7.87. The van der Waals surface area contributed by atoms with E-state index in [-0.39, 0.29) is 36.6 Å². The summed E-state index contributed by atoms with van der Waals surface area (Å²) in [7, 11) is 4.03. The molecular weight excluding hydrogens is 285 g/mol. The van der Waals surface area contributed by atoms with E-state index in [2.05, 4.69) is 10.2 Å². The van der Waals surface area contributed by atoms with E-state index >= 15 is 0 Å². The van der Waals surface area contributed by atoms with Crippen LogP contribution in [0, 0.1) is 5.92 Å². The van der Waals surface area contributed by atoms with Crippen molar-refractivity contribution < 1.29 is 4.79 Å². The smallest absolute Gasteiger partial charge is 0.228 e. The highest BCUT2D eigenvalue weighted by molar-refractivity contribution is 5.92. The number of carbonyl (C=O) groups is 1. The van der Waals surface area contributed by atoms with Gasteiger partial charge in [0.1, 0.15) is 0 Å². The van der Waals surface area contributed by atoms with Crippen LogP contribution in [0.15, 0.2) is 24.3 Å².